The van der Waals surface area contributed by atoms with Crippen LogP contribution in [0.1, 0.15) is 74.7 Å². The van der Waals surface area contributed by atoms with Crippen LogP contribution in [0.4, 0.5) is 17.6 Å². The van der Waals surface area contributed by atoms with Gasteiger partial charge < -0.3 is 14.4 Å². The molecule has 1 aliphatic heterocycles. The molecule has 4 rings (SSSR count). The summed E-state index contributed by atoms with van der Waals surface area (Å²) < 4.78 is 63.3. The van der Waals surface area contributed by atoms with Crippen molar-refractivity contribution in [2.75, 3.05) is 26.7 Å². The van der Waals surface area contributed by atoms with Crippen molar-refractivity contribution in [3.05, 3.63) is 64.7 Å². The molecule has 2 unspecified atom stereocenters. The average molecular weight is 577 g/mol. The molecule has 1 aliphatic carbocycles. The Bertz CT molecular complexity index is 1220. The highest BCUT2D eigenvalue weighted by molar-refractivity contribution is 5.95. The number of carbonyl (C=O) groups excluding carboxylic acids is 1. The first-order valence-corrected chi connectivity index (χ1v) is 14.5. The van der Waals surface area contributed by atoms with Gasteiger partial charge in [0.1, 0.15) is 11.6 Å². The number of nitrogens with zero attached hydrogens (tertiary/aromatic N) is 2. The summed E-state index contributed by atoms with van der Waals surface area (Å²) in [5, 5.41) is 0. The molecule has 224 valence electrons. The van der Waals surface area contributed by atoms with E-state index in [9.17, 15) is 22.4 Å². The zero-order valence-electron chi connectivity index (χ0n) is 24.1. The number of ether oxygens (including phenoxy) is 2. The molecule has 41 heavy (non-hydrogen) atoms. The number of methoxy groups -OCH3 is 1. The smallest absolute Gasteiger partial charge is 0.387 e. The molecule has 0 radical (unpaired) electrons. The summed E-state index contributed by atoms with van der Waals surface area (Å²) in [6.07, 6.45) is 9.89. The van der Waals surface area contributed by atoms with Crippen LogP contribution < -0.4 is 9.47 Å². The minimum atomic E-state index is -3.03. The average Bonchev–Trinajstić information content (AvgIpc) is 3.42. The van der Waals surface area contributed by atoms with E-state index in [4.69, 9.17) is 4.74 Å². The third-order valence-electron chi connectivity index (χ3n) is 8.43. The normalized spacial score (nSPS) is 19.4. The van der Waals surface area contributed by atoms with Gasteiger partial charge in [0, 0.05) is 42.4 Å². The van der Waals surface area contributed by atoms with E-state index in [0.29, 0.717) is 18.5 Å². The van der Waals surface area contributed by atoms with E-state index in [2.05, 4.69) is 16.6 Å². The number of hydrogen-bond donors (Lipinski definition) is 0. The molecule has 5 nitrogen and oxygen atoms in total. The lowest BCUT2D eigenvalue weighted by atomic mass is 9.83. The lowest BCUT2D eigenvalue weighted by Gasteiger charge is -2.39. The monoisotopic (exact) mass is 576 g/mol. The van der Waals surface area contributed by atoms with E-state index in [1.54, 1.807) is 17.9 Å². The standard InChI is InChI=1S/C32H40F4N2O3/c1-21(16-24-11-13-26(33)18-28(24)34)19-37(31(39)25-12-14-29(41-32(35)36)30(17-25)40-3)20-27-10-7-15-38(27)22(2)23-8-5-4-6-9-23/h11-14,16-18,22-23,27,32H,4-10,15,19-20H2,1-3H3. The van der Waals surface area contributed by atoms with Gasteiger partial charge in [-0.05, 0) is 82.3 Å². The summed E-state index contributed by atoms with van der Waals surface area (Å²) in [6, 6.07) is 8.14. The highest BCUT2D eigenvalue weighted by Gasteiger charge is 2.35. The summed E-state index contributed by atoms with van der Waals surface area (Å²) in [4.78, 5) is 18.2. The molecule has 1 saturated carbocycles. The fraction of sp³-hybridized carbons (Fsp3) is 0.531. The van der Waals surface area contributed by atoms with Crippen molar-refractivity contribution in [2.24, 2.45) is 5.92 Å². The second-order valence-corrected chi connectivity index (χ2v) is 11.3. The quantitative estimate of drug-likeness (QED) is 0.259. The molecule has 2 atom stereocenters. The molecular weight excluding hydrogens is 536 g/mol. The molecule has 2 aromatic carbocycles. The summed E-state index contributed by atoms with van der Waals surface area (Å²) in [6.45, 7) is 2.74. The number of alkyl halides is 2. The molecule has 2 fully saturated rings. The lowest BCUT2D eigenvalue weighted by Crippen LogP contribution is -2.48. The largest absolute Gasteiger partial charge is 0.493 e. The third-order valence-corrected chi connectivity index (χ3v) is 8.43. The van der Waals surface area contributed by atoms with Gasteiger partial charge in [0.05, 0.1) is 7.11 Å². The maximum atomic E-state index is 14.4. The molecule has 2 aliphatic rings. The van der Waals surface area contributed by atoms with Crippen molar-refractivity contribution in [3.8, 4) is 11.5 Å². The highest BCUT2D eigenvalue weighted by Crippen LogP contribution is 2.34. The molecule has 1 heterocycles. The van der Waals surface area contributed by atoms with Crippen LogP contribution in [-0.2, 0) is 0 Å². The molecule has 0 spiro atoms. The Morgan fingerprint density at radius 1 is 1.05 bits per heavy atom. The molecule has 9 heteroatoms. The van der Waals surface area contributed by atoms with Gasteiger partial charge in [-0.15, -0.1) is 0 Å². The molecule has 1 saturated heterocycles. The van der Waals surface area contributed by atoms with E-state index in [0.717, 1.165) is 31.0 Å². The maximum Gasteiger partial charge on any atom is 0.387 e. The van der Waals surface area contributed by atoms with Crippen LogP contribution in [0, 0.1) is 17.6 Å². The first-order valence-electron chi connectivity index (χ1n) is 14.5. The second kappa shape index (κ2) is 14.2. The Morgan fingerprint density at radius 2 is 1.80 bits per heavy atom. The van der Waals surface area contributed by atoms with Crippen LogP contribution in [0.5, 0.6) is 11.5 Å². The van der Waals surface area contributed by atoms with Crippen molar-refractivity contribution in [1.29, 1.82) is 0 Å². The van der Waals surface area contributed by atoms with Crippen LogP contribution in [0.2, 0.25) is 0 Å². The van der Waals surface area contributed by atoms with Gasteiger partial charge in [-0.2, -0.15) is 8.78 Å². The number of benzene rings is 2. The predicted molar refractivity (Wildman–Crippen MR) is 151 cm³/mol. The van der Waals surface area contributed by atoms with Crippen molar-refractivity contribution in [1.82, 2.24) is 9.80 Å². The fourth-order valence-electron chi connectivity index (χ4n) is 6.36. The Kier molecular flexibility index (Phi) is 10.7. The molecule has 0 aromatic heterocycles. The summed E-state index contributed by atoms with van der Waals surface area (Å²) in [5.74, 6) is -1.11. The van der Waals surface area contributed by atoms with E-state index in [1.165, 1.54) is 69.5 Å². The van der Waals surface area contributed by atoms with Gasteiger partial charge in [0.25, 0.3) is 5.91 Å². The van der Waals surface area contributed by atoms with Crippen LogP contribution in [0.25, 0.3) is 6.08 Å². The molecule has 1 amide bonds. The first-order chi connectivity index (χ1) is 19.7. The van der Waals surface area contributed by atoms with Gasteiger partial charge in [0.15, 0.2) is 11.5 Å². The van der Waals surface area contributed by atoms with E-state index in [1.807, 2.05) is 0 Å². The van der Waals surface area contributed by atoms with E-state index < -0.39 is 18.2 Å². The van der Waals surface area contributed by atoms with Gasteiger partial charge in [0.2, 0.25) is 0 Å². The highest BCUT2D eigenvalue weighted by atomic mass is 19.3. The van der Waals surface area contributed by atoms with Gasteiger partial charge in [-0.3, -0.25) is 9.69 Å². The van der Waals surface area contributed by atoms with Crippen molar-refractivity contribution in [3.63, 3.8) is 0 Å². The Hall–Kier alpha value is -3.07. The minimum Gasteiger partial charge on any atom is -0.493 e. The van der Waals surface area contributed by atoms with Gasteiger partial charge in [-0.25, -0.2) is 8.78 Å². The van der Waals surface area contributed by atoms with Gasteiger partial charge >= 0.3 is 6.61 Å². The van der Waals surface area contributed by atoms with E-state index in [-0.39, 0.29) is 41.1 Å². The number of rotatable bonds is 11. The van der Waals surface area contributed by atoms with Crippen LogP contribution in [0.3, 0.4) is 0 Å². The number of amides is 1. The lowest BCUT2D eigenvalue weighted by molar-refractivity contribution is -0.0512. The summed E-state index contributed by atoms with van der Waals surface area (Å²) >= 11 is 0. The Morgan fingerprint density at radius 3 is 2.49 bits per heavy atom. The minimum absolute atomic E-state index is 0.0326. The zero-order valence-corrected chi connectivity index (χ0v) is 24.1. The van der Waals surface area contributed by atoms with E-state index >= 15 is 0 Å². The van der Waals surface area contributed by atoms with Gasteiger partial charge in [-0.1, -0.05) is 30.9 Å². The van der Waals surface area contributed by atoms with Crippen LogP contribution in [-0.4, -0.2) is 61.1 Å². The Balaban J connectivity index is 1.60. The number of halogens is 4. The Labute approximate surface area is 240 Å². The van der Waals surface area contributed by atoms with Crippen molar-refractivity contribution in [2.45, 2.75) is 77.5 Å². The molecule has 0 bridgehead atoms. The van der Waals surface area contributed by atoms with Crippen LogP contribution in [0.15, 0.2) is 42.0 Å². The number of likely N-dealkylation sites (tertiary alicyclic amines) is 1. The van der Waals surface area contributed by atoms with Crippen molar-refractivity contribution >= 4 is 12.0 Å². The molecular formula is C32H40F4N2O3. The second-order valence-electron chi connectivity index (χ2n) is 11.3. The number of carbonyl (C=O) groups is 1. The molecule has 0 N–H and O–H groups in total. The summed E-state index contributed by atoms with van der Waals surface area (Å²) in [7, 11) is 1.33. The maximum absolute atomic E-state index is 14.4. The topological polar surface area (TPSA) is 42.0 Å². The van der Waals surface area contributed by atoms with Crippen LogP contribution >= 0.6 is 0 Å². The SMILES string of the molecule is COc1cc(C(=O)N(CC(C)=Cc2ccc(F)cc2F)CC2CCCN2C(C)C2CCCCC2)ccc1OC(F)F. The fourth-order valence-corrected chi connectivity index (χ4v) is 6.36. The summed E-state index contributed by atoms with van der Waals surface area (Å²) in [5.41, 5.74) is 1.23. The first kappa shape index (κ1) is 30.9. The molecule has 2 aromatic rings. The van der Waals surface area contributed by atoms with Crippen molar-refractivity contribution < 1.29 is 31.8 Å². The third kappa shape index (κ3) is 8.03. The number of hydrogen-bond acceptors (Lipinski definition) is 4. The zero-order chi connectivity index (χ0) is 29.5. The predicted octanol–water partition coefficient (Wildman–Crippen LogP) is 7.55.